The van der Waals surface area contributed by atoms with E-state index < -0.39 is 0 Å². The van der Waals surface area contributed by atoms with E-state index in [0.717, 1.165) is 69.8 Å². The van der Waals surface area contributed by atoms with Crippen molar-refractivity contribution in [1.29, 1.82) is 0 Å². The Bertz CT molecular complexity index is 1390. The van der Waals surface area contributed by atoms with Crippen molar-refractivity contribution in [2.24, 2.45) is 5.92 Å². The Kier molecular flexibility index (Phi) is 7.82. The number of carbonyl (C=O) groups excluding carboxylic acids is 1. The van der Waals surface area contributed by atoms with Crippen LogP contribution in [0.25, 0.3) is 21.2 Å². The van der Waals surface area contributed by atoms with Crippen molar-refractivity contribution in [3.63, 3.8) is 0 Å². The van der Waals surface area contributed by atoms with E-state index in [0.29, 0.717) is 16.4 Å². The molecule has 1 amide bonds. The van der Waals surface area contributed by atoms with Crippen molar-refractivity contribution in [3.8, 4) is 16.9 Å². The highest BCUT2D eigenvalue weighted by Gasteiger charge is 2.32. The summed E-state index contributed by atoms with van der Waals surface area (Å²) in [6.07, 6.45) is 7.41. The summed E-state index contributed by atoms with van der Waals surface area (Å²) in [6.45, 7) is 4.72. The molecule has 1 fully saturated rings. The first-order valence-corrected chi connectivity index (χ1v) is 14.3. The molecule has 1 aliphatic carbocycles. The molecular weight excluding hydrogens is 500 g/mol. The van der Waals surface area contributed by atoms with Crippen molar-refractivity contribution in [2.45, 2.75) is 58.5 Å². The first kappa shape index (κ1) is 25.7. The topological polar surface area (TPSA) is 42.4 Å². The zero-order valence-electron chi connectivity index (χ0n) is 21.7. The van der Waals surface area contributed by atoms with Crippen LogP contribution in [0.5, 0.6) is 5.75 Å². The predicted molar refractivity (Wildman–Crippen MR) is 154 cm³/mol. The van der Waals surface area contributed by atoms with Gasteiger partial charge in [-0.25, -0.2) is 0 Å². The summed E-state index contributed by atoms with van der Waals surface area (Å²) in [7, 11) is 1.69. The largest absolute Gasteiger partial charge is 0.496 e. The number of aromatic nitrogens is 1. The second-order valence-electron chi connectivity index (χ2n) is 9.97. The number of aryl methyl sites for hydroxylation is 1. The molecule has 0 radical (unpaired) electrons. The number of fused-ring (bicyclic) bond motifs is 1. The van der Waals surface area contributed by atoms with Gasteiger partial charge in [0.2, 0.25) is 0 Å². The smallest absolute Gasteiger partial charge is 0.266 e. The van der Waals surface area contributed by atoms with Crippen molar-refractivity contribution in [2.75, 3.05) is 7.11 Å². The lowest BCUT2D eigenvalue weighted by atomic mass is 9.83. The molecule has 1 aliphatic rings. The highest BCUT2D eigenvalue weighted by Crippen LogP contribution is 2.39. The normalized spacial score (nSPS) is 17.6. The molecule has 2 aromatic carbocycles. The van der Waals surface area contributed by atoms with Crippen LogP contribution in [0, 0.1) is 12.8 Å². The molecule has 2 heterocycles. The standard InChI is InChI=1S/C31H33ClN2O2S/c1-4-21-10-14-25(15-11-21)34(31(35)30-29(32)26-7-5-6-8-28(26)37-30)19-24-17-22(13-16-27(24)36-3)23-12-9-20(2)33-18-23/h5-9,12-13,16-18,21,25H,4,10-11,14-15,19H2,1-3H3. The van der Waals surface area contributed by atoms with Gasteiger partial charge in [-0.2, -0.15) is 0 Å². The molecule has 6 heteroatoms. The average Bonchev–Trinajstić information content (AvgIpc) is 3.28. The number of ether oxygens (including phenoxy) is 1. The monoisotopic (exact) mass is 532 g/mol. The lowest BCUT2D eigenvalue weighted by Crippen LogP contribution is -2.41. The van der Waals surface area contributed by atoms with Gasteiger partial charge in [-0.3, -0.25) is 9.78 Å². The van der Waals surface area contributed by atoms with Gasteiger partial charge >= 0.3 is 0 Å². The fraction of sp³-hybridized carbons (Fsp3) is 0.355. The summed E-state index contributed by atoms with van der Waals surface area (Å²) in [5.41, 5.74) is 4.08. The van der Waals surface area contributed by atoms with Gasteiger partial charge in [0.15, 0.2) is 0 Å². The van der Waals surface area contributed by atoms with Crippen LogP contribution in [0.1, 0.15) is 60.0 Å². The van der Waals surface area contributed by atoms with Crippen LogP contribution in [-0.2, 0) is 6.54 Å². The van der Waals surface area contributed by atoms with Crippen molar-refractivity contribution in [1.82, 2.24) is 9.88 Å². The number of nitrogens with zero attached hydrogens (tertiary/aromatic N) is 2. The molecule has 1 saturated carbocycles. The molecule has 4 aromatic rings. The lowest BCUT2D eigenvalue weighted by Gasteiger charge is -2.37. The maximum Gasteiger partial charge on any atom is 0.266 e. The minimum absolute atomic E-state index is 0.00982. The lowest BCUT2D eigenvalue weighted by molar-refractivity contribution is 0.0591. The molecule has 5 rings (SSSR count). The van der Waals surface area contributed by atoms with Crippen LogP contribution < -0.4 is 4.74 Å². The molecule has 0 N–H and O–H groups in total. The Balaban J connectivity index is 1.52. The van der Waals surface area contributed by atoms with Gasteiger partial charge < -0.3 is 9.64 Å². The number of benzene rings is 2. The van der Waals surface area contributed by atoms with Crippen molar-refractivity contribution < 1.29 is 9.53 Å². The van der Waals surface area contributed by atoms with E-state index in [9.17, 15) is 4.79 Å². The van der Waals surface area contributed by atoms with Crippen LogP contribution >= 0.6 is 22.9 Å². The van der Waals surface area contributed by atoms with Gasteiger partial charge in [-0.1, -0.05) is 55.3 Å². The van der Waals surface area contributed by atoms with Crippen LogP contribution in [-0.4, -0.2) is 28.9 Å². The molecule has 0 unspecified atom stereocenters. The quantitative estimate of drug-likeness (QED) is 0.239. The Hall–Kier alpha value is -2.89. The first-order chi connectivity index (χ1) is 18.0. The van der Waals surface area contributed by atoms with E-state index in [-0.39, 0.29) is 11.9 Å². The Labute approximate surface area is 228 Å². The van der Waals surface area contributed by atoms with E-state index in [1.54, 1.807) is 7.11 Å². The van der Waals surface area contributed by atoms with Gasteiger partial charge in [0.05, 0.1) is 12.1 Å². The number of amides is 1. The van der Waals surface area contributed by atoms with Gasteiger partial charge in [0.25, 0.3) is 5.91 Å². The predicted octanol–water partition coefficient (Wildman–Crippen LogP) is 8.54. The third-order valence-electron chi connectivity index (χ3n) is 7.69. The molecule has 0 aliphatic heterocycles. The maximum atomic E-state index is 14.2. The zero-order valence-corrected chi connectivity index (χ0v) is 23.2. The number of pyridine rings is 1. The summed E-state index contributed by atoms with van der Waals surface area (Å²) in [6, 6.07) is 18.4. The van der Waals surface area contributed by atoms with E-state index in [1.807, 2.05) is 49.5 Å². The second kappa shape index (κ2) is 11.2. The molecule has 192 valence electrons. The van der Waals surface area contributed by atoms with Gasteiger partial charge in [0, 0.05) is 45.7 Å². The zero-order chi connectivity index (χ0) is 25.9. The molecule has 0 atom stereocenters. The van der Waals surface area contributed by atoms with Crippen LogP contribution in [0.4, 0.5) is 0 Å². The molecule has 37 heavy (non-hydrogen) atoms. The molecule has 2 aromatic heterocycles. The van der Waals surface area contributed by atoms with E-state index in [2.05, 4.69) is 35.0 Å². The number of carbonyl (C=O) groups is 1. The summed E-state index contributed by atoms with van der Waals surface area (Å²) >= 11 is 8.28. The Morgan fingerprint density at radius 2 is 1.84 bits per heavy atom. The van der Waals surface area contributed by atoms with Gasteiger partial charge in [-0.15, -0.1) is 11.3 Å². The maximum absolute atomic E-state index is 14.2. The minimum Gasteiger partial charge on any atom is -0.496 e. The molecule has 0 saturated heterocycles. The fourth-order valence-corrected chi connectivity index (χ4v) is 6.89. The Morgan fingerprint density at radius 3 is 2.51 bits per heavy atom. The number of thiophene rings is 1. The average molecular weight is 533 g/mol. The molecular formula is C31H33ClN2O2S. The van der Waals surface area contributed by atoms with Crippen molar-refractivity contribution >= 4 is 38.9 Å². The van der Waals surface area contributed by atoms with Crippen LogP contribution in [0.2, 0.25) is 5.02 Å². The van der Waals surface area contributed by atoms with Crippen LogP contribution in [0.3, 0.4) is 0 Å². The van der Waals surface area contributed by atoms with E-state index >= 15 is 0 Å². The number of hydrogen-bond donors (Lipinski definition) is 0. The van der Waals surface area contributed by atoms with Gasteiger partial charge in [-0.05, 0) is 68.4 Å². The van der Waals surface area contributed by atoms with E-state index in [1.165, 1.54) is 17.8 Å². The summed E-state index contributed by atoms with van der Waals surface area (Å²) in [5.74, 6) is 1.54. The van der Waals surface area contributed by atoms with E-state index in [4.69, 9.17) is 16.3 Å². The van der Waals surface area contributed by atoms with Crippen molar-refractivity contribution in [3.05, 3.63) is 82.0 Å². The fourth-order valence-electron chi connectivity index (χ4n) is 5.42. The summed E-state index contributed by atoms with van der Waals surface area (Å²) in [4.78, 5) is 21.3. The molecule has 4 nitrogen and oxygen atoms in total. The second-order valence-corrected chi connectivity index (χ2v) is 11.4. The van der Waals surface area contributed by atoms with Crippen LogP contribution in [0.15, 0.2) is 60.8 Å². The highest BCUT2D eigenvalue weighted by atomic mass is 35.5. The minimum atomic E-state index is 0.00982. The van der Waals surface area contributed by atoms with Gasteiger partial charge in [0.1, 0.15) is 10.6 Å². The molecule has 0 bridgehead atoms. The third kappa shape index (κ3) is 5.39. The number of halogens is 1. The number of rotatable bonds is 7. The SMILES string of the molecule is CCC1CCC(N(Cc2cc(-c3ccc(C)nc3)ccc2OC)C(=O)c2sc3ccccc3c2Cl)CC1. The number of methoxy groups -OCH3 is 1. The molecule has 0 spiro atoms. The third-order valence-corrected chi connectivity index (χ3v) is 9.35. The summed E-state index contributed by atoms with van der Waals surface area (Å²) in [5, 5.41) is 1.50. The summed E-state index contributed by atoms with van der Waals surface area (Å²) < 4.78 is 6.80. The Morgan fingerprint density at radius 1 is 1.08 bits per heavy atom. The highest BCUT2D eigenvalue weighted by molar-refractivity contribution is 7.21. The number of hydrogen-bond acceptors (Lipinski definition) is 4. The first-order valence-electron chi connectivity index (χ1n) is 13.1.